The van der Waals surface area contributed by atoms with Gasteiger partial charge in [-0.15, -0.1) is 12.4 Å². The first-order valence-electron chi connectivity index (χ1n) is 6.35. The average molecular weight is 286 g/mol. The number of aromatic nitrogens is 1. The van der Waals surface area contributed by atoms with Crippen molar-refractivity contribution in [1.82, 2.24) is 15.2 Å². The summed E-state index contributed by atoms with van der Waals surface area (Å²) in [5.41, 5.74) is 0.262. The monoisotopic (exact) mass is 285 g/mol. The molecule has 2 heterocycles. The number of amides is 1. The average Bonchev–Trinajstić information content (AvgIpc) is 2.85. The Kier molecular flexibility index (Phi) is 6.05. The highest BCUT2D eigenvalue weighted by Crippen LogP contribution is 2.07. The van der Waals surface area contributed by atoms with E-state index in [1.165, 1.54) is 23.5 Å². The Morgan fingerprint density at radius 3 is 3.00 bits per heavy atom. The molecule has 0 spiro atoms. The Labute approximate surface area is 118 Å². The molecule has 0 bridgehead atoms. The summed E-state index contributed by atoms with van der Waals surface area (Å²) in [7, 11) is 1.66. The molecule has 1 aliphatic heterocycles. The lowest BCUT2D eigenvalue weighted by atomic mass is 10.1. The fourth-order valence-corrected chi connectivity index (χ4v) is 2.15. The highest BCUT2D eigenvalue weighted by Gasteiger charge is 2.14. The zero-order chi connectivity index (χ0) is 13.0. The summed E-state index contributed by atoms with van der Waals surface area (Å²) in [6.07, 6.45) is 4.95. The highest BCUT2D eigenvalue weighted by molar-refractivity contribution is 5.93. The lowest BCUT2D eigenvalue weighted by Crippen LogP contribution is -2.31. The van der Waals surface area contributed by atoms with Crippen LogP contribution >= 0.6 is 12.4 Å². The maximum absolute atomic E-state index is 11.8. The number of halogens is 1. The summed E-state index contributed by atoms with van der Waals surface area (Å²) in [5.74, 6) is -0.175. The van der Waals surface area contributed by atoms with E-state index in [4.69, 9.17) is 0 Å². The van der Waals surface area contributed by atoms with Gasteiger partial charge >= 0.3 is 0 Å². The maximum Gasteiger partial charge on any atom is 0.251 e. The molecule has 106 valence electrons. The molecule has 1 amide bonds. The largest absolute Gasteiger partial charge is 0.352 e. The fraction of sp³-hybridized carbons (Fsp3) is 0.538. The van der Waals surface area contributed by atoms with Crippen molar-refractivity contribution in [2.24, 2.45) is 7.05 Å². The first-order valence-corrected chi connectivity index (χ1v) is 6.35. The molecule has 1 fully saturated rings. The van der Waals surface area contributed by atoms with Crippen LogP contribution in [0.25, 0.3) is 0 Å². The number of rotatable bonds is 4. The topological polar surface area (TPSA) is 63.1 Å². The van der Waals surface area contributed by atoms with Crippen molar-refractivity contribution >= 4 is 18.3 Å². The molecule has 0 unspecified atom stereocenters. The number of carbonyl (C=O) groups excluding carboxylic acids is 1. The van der Waals surface area contributed by atoms with Crippen molar-refractivity contribution in [3.8, 4) is 0 Å². The van der Waals surface area contributed by atoms with Gasteiger partial charge in [0.05, 0.1) is 0 Å². The molecule has 6 heteroatoms. The maximum atomic E-state index is 11.8. The number of pyridine rings is 1. The molecule has 0 saturated carbocycles. The number of carbonyl (C=O) groups is 1. The molecule has 0 radical (unpaired) electrons. The van der Waals surface area contributed by atoms with E-state index in [0.717, 1.165) is 13.0 Å². The van der Waals surface area contributed by atoms with Gasteiger partial charge in [-0.05, 0) is 31.9 Å². The van der Waals surface area contributed by atoms with Crippen LogP contribution in [-0.2, 0) is 7.05 Å². The number of aryl methyl sites for hydroxylation is 1. The van der Waals surface area contributed by atoms with Crippen LogP contribution in [-0.4, -0.2) is 29.6 Å². The van der Waals surface area contributed by atoms with Crippen LogP contribution in [0.5, 0.6) is 0 Å². The van der Waals surface area contributed by atoms with Gasteiger partial charge < -0.3 is 15.2 Å². The van der Waals surface area contributed by atoms with Gasteiger partial charge in [-0.2, -0.15) is 0 Å². The molecule has 5 nitrogen and oxygen atoms in total. The van der Waals surface area contributed by atoms with Crippen molar-refractivity contribution < 1.29 is 4.79 Å². The normalized spacial score (nSPS) is 17.8. The van der Waals surface area contributed by atoms with Gasteiger partial charge in [-0.3, -0.25) is 9.59 Å². The van der Waals surface area contributed by atoms with E-state index in [0.29, 0.717) is 18.2 Å². The Hall–Kier alpha value is -1.33. The zero-order valence-corrected chi connectivity index (χ0v) is 11.8. The van der Waals surface area contributed by atoms with E-state index in [1.807, 2.05) is 0 Å². The van der Waals surface area contributed by atoms with E-state index in [2.05, 4.69) is 10.6 Å². The molecule has 1 aliphatic rings. The second-order valence-corrected chi connectivity index (χ2v) is 4.70. The predicted molar refractivity (Wildman–Crippen MR) is 76.9 cm³/mol. The Morgan fingerprint density at radius 2 is 2.37 bits per heavy atom. The number of hydrogen-bond acceptors (Lipinski definition) is 3. The van der Waals surface area contributed by atoms with Crippen LogP contribution in [0, 0.1) is 0 Å². The van der Waals surface area contributed by atoms with Gasteiger partial charge in [0, 0.05) is 37.5 Å². The molecule has 19 heavy (non-hydrogen) atoms. The standard InChI is InChI=1S/C13H19N3O2.ClH/c1-16-8-5-10(9-12(16)17)13(18)15-7-4-11-3-2-6-14-11;/h5,8-9,11,14H,2-4,6-7H2,1H3,(H,15,18);1H/t11-;/m1./s1. The van der Waals surface area contributed by atoms with Crippen molar-refractivity contribution in [2.45, 2.75) is 25.3 Å². The first kappa shape index (κ1) is 15.7. The molecule has 1 aromatic rings. The zero-order valence-electron chi connectivity index (χ0n) is 11.0. The van der Waals surface area contributed by atoms with Gasteiger partial charge in [0.25, 0.3) is 11.5 Å². The molecular weight excluding hydrogens is 266 g/mol. The Bertz CT molecular complexity index is 481. The smallest absolute Gasteiger partial charge is 0.251 e. The van der Waals surface area contributed by atoms with Crippen LogP contribution in [0.3, 0.4) is 0 Å². The van der Waals surface area contributed by atoms with E-state index < -0.39 is 0 Å². The molecule has 2 N–H and O–H groups in total. The lowest BCUT2D eigenvalue weighted by Gasteiger charge is -2.10. The summed E-state index contributed by atoms with van der Waals surface area (Å²) in [6, 6.07) is 3.54. The van der Waals surface area contributed by atoms with Crippen molar-refractivity contribution in [2.75, 3.05) is 13.1 Å². The van der Waals surface area contributed by atoms with E-state index in [1.54, 1.807) is 19.3 Å². The minimum absolute atomic E-state index is 0. The molecule has 1 saturated heterocycles. The van der Waals surface area contributed by atoms with E-state index in [9.17, 15) is 9.59 Å². The van der Waals surface area contributed by atoms with Crippen LogP contribution in [0.15, 0.2) is 23.1 Å². The number of nitrogens with zero attached hydrogens (tertiary/aromatic N) is 1. The third-order valence-electron chi connectivity index (χ3n) is 3.31. The van der Waals surface area contributed by atoms with Crippen molar-refractivity contribution in [3.63, 3.8) is 0 Å². The second kappa shape index (κ2) is 7.31. The SMILES string of the molecule is Cl.Cn1ccc(C(=O)NCC[C@H]2CCCN2)cc1=O. The van der Waals surface area contributed by atoms with Gasteiger partial charge in [0.15, 0.2) is 0 Å². The lowest BCUT2D eigenvalue weighted by molar-refractivity contribution is 0.0952. The molecule has 1 aromatic heterocycles. The Balaban J connectivity index is 0.00000180. The third kappa shape index (κ3) is 4.36. The van der Waals surface area contributed by atoms with Gasteiger partial charge in [0.2, 0.25) is 0 Å². The molecule has 0 aromatic carbocycles. The van der Waals surface area contributed by atoms with Crippen LogP contribution in [0.2, 0.25) is 0 Å². The van der Waals surface area contributed by atoms with Crippen molar-refractivity contribution in [3.05, 3.63) is 34.2 Å². The second-order valence-electron chi connectivity index (χ2n) is 4.70. The summed E-state index contributed by atoms with van der Waals surface area (Å²) in [6.45, 7) is 1.72. The van der Waals surface area contributed by atoms with Crippen LogP contribution in [0.1, 0.15) is 29.6 Å². The quantitative estimate of drug-likeness (QED) is 0.855. The predicted octanol–water partition coefficient (Wildman–Crippen LogP) is 0.679. The molecule has 1 atom stereocenters. The van der Waals surface area contributed by atoms with Gasteiger partial charge in [-0.1, -0.05) is 0 Å². The van der Waals surface area contributed by atoms with Gasteiger partial charge in [-0.25, -0.2) is 0 Å². The van der Waals surface area contributed by atoms with Crippen molar-refractivity contribution in [1.29, 1.82) is 0 Å². The summed E-state index contributed by atoms with van der Waals surface area (Å²) >= 11 is 0. The van der Waals surface area contributed by atoms with Gasteiger partial charge in [0.1, 0.15) is 0 Å². The molecule has 2 rings (SSSR count). The third-order valence-corrected chi connectivity index (χ3v) is 3.31. The molecule has 0 aliphatic carbocycles. The summed E-state index contributed by atoms with van der Waals surface area (Å²) in [4.78, 5) is 23.2. The minimum atomic E-state index is -0.175. The van der Waals surface area contributed by atoms with Crippen LogP contribution in [0.4, 0.5) is 0 Å². The summed E-state index contributed by atoms with van der Waals surface area (Å²) < 4.78 is 1.44. The highest BCUT2D eigenvalue weighted by atomic mass is 35.5. The fourth-order valence-electron chi connectivity index (χ4n) is 2.15. The van der Waals surface area contributed by atoms with Crippen LogP contribution < -0.4 is 16.2 Å². The number of hydrogen-bond donors (Lipinski definition) is 2. The minimum Gasteiger partial charge on any atom is -0.352 e. The Morgan fingerprint density at radius 1 is 1.58 bits per heavy atom. The van der Waals surface area contributed by atoms with E-state index in [-0.39, 0.29) is 23.9 Å². The van der Waals surface area contributed by atoms with E-state index >= 15 is 0 Å². The summed E-state index contributed by atoms with van der Waals surface area (Å²) in [5, 5.41) is 6.23. The molecular formula is C13H20ClN3O2. The number of nitrogens with one attached hydrogen (secondary N) is 2. The first-order chi connectivity index (χ1) is 8.66.